The first-order valence-corrected chi connectivity index (χ1v) is 6.15. The number of rotatable bonds is 3. The van der Waals surface area contributed by atoms with Gasteiger partial charge >= 0.3 is 0 Å². The molecule has 2 N–H and O–H groups in total. The molecule has 0 unspecified atom stereocenters. The van der Waals surface area contributed by atoms with Crippen LogP contribution < -0.4 is 5.73 Å². The maximum Gasteiger partial charge on any atom is 0.228 e. The maximum absolute atomic E-state index is 11.9. The quantitative estimate of drug-likeness (QED) is 0.873. The minimum atomic E-state index is -0.502. The third-order valence-corrected chi connectivity index (χ3v) is 3.85. The van der Waals surface area contributed by atoms with Crippen LogP contribution in [0.5, 0.6) is 0 Å². The normalized spacial score (nSPS) is 20.9. The van der Waals surface area contributed by atoms with Crippen LogP contribution in [0.4, 0.5) is 0 Å². The van der Waals surface area contributed by atoms with Gasteiger partial charge in [-0.2, -0.15) is 0 Å². The molecule has 0 fully saturated rings. The van der Waals surface area contributed by atoms with Crippen molar-refractivity contribution in [1.29, 1.82) is 0 Å². The number of amides is 1. The topological polar surface area (TPSA) is 43.1 Å². The summed E-state index contributed by atoms with van der Waals surface area (Å²) < 4.78 is 0. The minimum Gasteiger partial charge on any atom is -0.369 e. The fraction of sp³-hybridized carbons (Fsp3) is 0.188. The fourth-order valence-electron chi connectivity index (χ4n) is 2.86. The van der Waals surface area contributed by atoms with Crippen LogP contribution in [0.15, 0.2) is 54.6 Å². The molecule has 0 radical (unpaired) electrons. The summed E-state index contributed by atoms with van der Waals surface area (Å²) in [5, 5.41) is 0. The van der Waals surface area contributed by atoms with Crippen LogP contribution in [0.2, 0.25) is 0 Å². The molecular formula is C16H15NO. The Morgan fingerprint density at radius 1 is 1.06 bits per heavy atom. The molecule has 0 aliphatic heterocycles. The summed E-state index contributed by atoms with van der Waals surface area (Å²) >= 11 is 0. The summed E-state index contributed by atoms with van der Waals surface area (Å²) in [5.74, 6) is -0.218. The number of hydrogen-bond acceptors (Lipinski definition) is 1. The Morgan fingerprint density at radius 2 is 1.72 bits per heavy atom. The molecule has 18 heavy (non-hydrogen) atoms. The zero-order valence-corrected chi connectivity index (χ0v) is 10.1. The second-order valence-electron chi connectivity index (χ2n) is 4.94. The summed E-state index contributed by atoms with van der Waals surface area (Å²) in [6, 6.07) is 18.1. The molecule has 0 saturated heterocycles. The van der Waals surface area contributed by atoms with Crippen molar-refractivity contribution in [3.05, 3.63) is 71.3 Å². The van der Waals surface area contributed by atoms with Crippen LogP contribution in [0.3, 0.4) is 0 Å². The number of carbonyl (C=O) groups is 1. The first-order valence-electron chi connectivity index (χ1n) is 6.15. The van der Waals surface area contributed by atoms with Gasteiger partial charge in [0.2, 0.25) is 5.91 Å². The van der Waals surface area contributed by atoms with E-state index in [1.54, 1.807) is 0 Å². The van der Waals surface area contributed by atoms with Gasteiger partial charge in [-0.3, -0.25) is 4.79 Å². The van der Waals surface area contributed by atoms with E-state index in [1.807, 2.05) is 48.5 Å². The highest BCUT2D eigenvalue weighted by atomic mass is 16.1. The van der Waals surface area contributed by atoms with Crippen molar-refractivity contribution in [2.75, 3.05) is 0 Å². The monoisotopic (exact) mass is 237 g/mol. The number of nitrogens with two attached hydrogens (primary N) is 1. The second-order valence-corrected chi connectivity index (χ2v) is 4.94. The lowest BCUT2D eigenvalue weighted by atomic mass is 9.60. The summed E-state index contributed by atoms with van der Waals surface area (Å²) in [7, 11) is 0. The predicted molar refractivity (Wildman–Crippen MR) is 71.2 cm³/mol. The predicted octanol–water partition coefficient (Wildman–Crippen LogP) is 2.21. The molecule has 0 bridgehead atoms. The van der Waals surface area contributed by atoms with Crippen LogP contribution in [-0.2, 0) is 23.1 Å². The Kier molecular flexibility index (Phi) is 2.44. The number of fused-ring (bicyclic) bond motifs is 1. The Labute approximate surface area is 106 Å². The highest BCUT2D eigenvalue weighted by molar-refractivity contribution is 5.90. The van der Waals surface area contributed by atoms with E-state index >= 15 is 0 Å². The van der Waals surface area contributed by atoms with Crippen LogP contribution in [0.1, 0.15) is 16.7 Å². The lowest BCUT2D eigenvalue weighted by Gasteiger charge is -2.41. The number of hydrogen-bond donors (Lipinski definition) is 1. The van der Waals surface area contributed by atoms with Crippen molar-refractivity contribution in [2.45, 2.75) is 18.3 Å². The van der Waals surface area contributed by atoms with E-state index in [1.165, 1.54) is 5.56 Å². The van der Waals surface area contributed by atoms with Crippen molar-refractivity contribution in [1.82, 2.24) is 0 Å². The molecule has 90 valence electrons. The van der Waals surface area contributed by atoms with Crippen LogP contribution >= 0.6 is 0 Å². The SMILES string of the molecule is NC(=O)[C@]1(Cc2ccccc2)Cc2ccccc21. The van der Waals surface area contributed by atoms with E-state index in [0.29, 0.717) is 6.42 Å². The Morgan fingerprint density at radius 3 is 2.39 bits per heavy atom. The molecule has 2 aromatic rings. The van der Waals surface area contributed by atoms with Gasteiger partial charge in [0, 0.05) is 0 Å². The van der Waals surface area contributed by atoms with Crippen molar-refractivity contribution >= 4 is 5.91 Å². The van der Waals surface area contributed by atoms with Gasteiger partial charge in [0.05, 0.1) is 5.41 Å². The molecule has 0 heterocycles. The summed E-state index contributed by atoms with van der Waals surface area (Å²) in [4.78, 5) is 11.9. The average molecular weight is 237 g/mol. The third kappa shape index (κ3) is 1.53. The first-order chi connectivity index (χ1) is 8.72. The van der Waals surface area contributed by atoms with Gasteiger partial charge in [0.1, 0.15) is 0 Å². The smallest absolute Gasteiger partial charge is 0.228 e. The maximum atomic E-state index is 11.9. The first kappa shape index (κ1) is 11.0. The zero-order chi connectivity index (χ0) is 12.6. The van der Waals surface area contributed by atoms with E-state index < -0.39 is 5.41 Å². The van der Waals surface area contributed by atoms with Gasteiger partial charge in [0.15, 0.2) is 0 Å². The average Bonchev–Trinajstić information content (AvgIpc) is 2.36. The molecule has 1 aliphatic rings. The zero-order valence-electron chi connectivity index (χ0n) is 10.1. The molecule has 0 spiro atoms. The van der Waals surface area contributed by atoms with Crippen LogP contribution in [0, 0.1) is 0 Å². The molecular weight excluding hydrogens is 222 g/mol. The standard InChI is InChI=1S/C16H15NO/c17-15(18)16(10-12-6-2-1-3-7-12)11-13-8-4-5-9-14(13)16/h1-9H,10-11H2,(H2,17,18)/t16-/m1/s1. The number of primary amides is 1. The third-order valence-electron chi connectivity index (χ3n) is 3.85. The Balaban J connectivity index is 1.99. The van der Waals surface area contributed by atoms with Gasteiger partial charge in [0.25, 0.3) is 0 Å². The fourth-order valence-corrected chi connectivity index (χ4v) is 2.86. The molecule has 2 heteroatoms. The van der Waals surface area contributed by atoms with Crippen molar-refractivity contribution < 1.29 is 4.79 Å². The molecule has 1 aliphatic carbocycles. The number of carbonyl (C=O) groups excluding carboxylic acids is 1. The van der Waals surface area contributed by atoms with Gasteiger partial charge in [-0.25, -0.2) is 0 Å². The van der Waals surface area contributed by atoms with Crippen LogP contribution in [-0.4, -0.2) is 5.91 Å². The van der Waals surface area contributed by atoms with Gasteiger partial charge in [-0.1, -0.05) is 54.6 Å². The van der Waals surface area contributed by atoms with Crippen molar-refractivity contribution in [3.63, 3.8) is 0 Å². The molecule has 2 aromatic carbocycles. The summed E-state index contributed by atoms with van der Waals surface area (Å²) in [6.45, 7) is 0. The molecule has 0 aromatic heterocycles. The lowest BCUT2D eigenvalue weighted by Crippen LogP contribution is -2.51. The molecule has 3 rings (SSSR count). The molecule has 1 amide bonds. The highest BCUT2D eigenvalue weighted by Gasteiger charge is 2.47. The van der Waals surface area contributed by atoms with E-state index in [2.05, 4.69) is 6.07 Å². The van der Waals surface area contributed by atoms with Gasteiger partial charge < -0.3 is 5.73 Å². The van der Waals surface area contributed by atoms with E-state index in [9.17, 15) is 4.79 Å². The second kappa shape index (κ2) is 3.98. The van der Waals surface area contributed by atoms with Gasteiger partial charge in [-0.15, -0.1) is 0 Å². The molecule has 0 saturated carbocycles. The van der Waals surface area contributed by atoms with E-state index in [0.717, 1.165) is 17.5 Å². The van der Waals surface area contributed by atoms with Crippen molar-refractivity contribution in [2.24, 2.45) is 5.73 Å². The number of benzene rings is 2. The largest absolute Gasteiger partial charge is 0.369 e. The van der Waals surface area contributed by atoms with Crippen molar-refractivity contribution in [3.8, 4) is 0 Å². The molecule has 1 atom stereocenters. The van der Waals surface area contributed by atoms with Crippen LogP contribution in [0.25, 0.3) is 0 Å². The summed E-state index contributed by atoms with van der Waals surface area (Å²) in [5.41, 5.74) is 8.65. The Hall–Kier alpha value is -2.09. The lowest BCUT2D eigenvalue weighted by molar-refractivity contribution is -0.124. The van der Waals surface area contributed by atoms with E-state index in [4.69, 9.17) is 5.73 Å². The summed E-state index contributed by atoms with van der Waals surface area (Å²) in [6.07, 6.45) is 1.45. The minimum absolute atomic E-state index is 0.218. The highest BCUT2D eigenvalue weighted by Crippen LogP contribution is 2.43. The van der Waals surface area contributed by atoms with Gasteiger partial charge in [-0.05, 0) is 29.5 Å². The van der Waals surface area contributed by atoms with E-state index in [-0.39, 0.29) is 5.91 Å². The Bertz CT molecular complexity index is 591. The molecule has 2 nitrogen and oxygen atoms in total.